The monoisotopic (exact) mass is 421 g/mol. The second-order valence-electron chi connectivity index (χ2n) is 6.84. The van der Waals surface area contributed by atoms with E-state index in [0.717, 1.165) is 16.7 Å². The van der Waals surface area contributed by atoms with E-state index >= 15 is 0 Å². The van der Waals surface area contributed by atoms with E-state index in [1.807, 2.05) is 72.8 Å². The standard InChI is InChI=1S/C24H24ClN3O2/c25-21-13-11-18(12-14-21)15-27-24(30)28-17-23(29)26-16-22(19-7-3-1-4-8-19)20-9-5-2-6-10-20/h1-14,22H,15-17H2,(H,26,29)(H2,27,28,30). The fourth-order valence-electron chi connectivity index (χ4n) is 3.08. The molecule has 0 unspecified atom stereocenters. The van der Waals surface area contributed by atoms with Crippen molar-refractivity contribution in [1.29, 1.82) is 0 Å². The highest BCUT2D eigenvalue weighted by atomic mass is 35.5. The SMILES string of the molecule is O=C(CNC(=O)NCc1ccc(Cl)cc1)NCC(c1ccccc1)c1ccccc1. The Hall–Kier alpha value is -3.31. The van der Waals surface area contributed by atoms with E-state index in [1.54, 1.807) is 12.1 Å². The number of halogens is 1. The van der Waals surface area contributed by atoms with Crippen LogP contribution in [0.4, 0.5) is 4.79 Å². The molecule has 0 aliphatic rings. The second-order valence-corrected chi connectivity index (χ2v) is 7.28. The lowest BCUT2D eigenvalue weighted by Crippen LogP contribution is -2.42. The predicted molar refractivity (Wildman–Crippen MR) is 119 cm³/mol. The molecule has 0 spiro atoms. The van der Waals surface area contributed by atoms with E-state index in [4.69, 9.17) is 11.6 Å². The molecule has 154 valence electrons. The van der Waals surface area contributed by atoms with Crippen LogP contribution in [0.25, 0.3) is 0 Å². The summed E-state index contributed by atoms with van der Waals surface area (Å²) in [5.74, 6) is -0.205. The molecule has 0 aromatic heterocycles. The molecule has 0 aliphatic carbocycles. The third-order valence-electron chi connectivity index (χ3n) is 4.68. The molecule has 0 bridgehead atoms. The van der Waals surface area contributed by atoms with Gasteiger partial charge in [-0.1, -0.05) is 84.4 Å². The summed E-state index contributed by atoms with van der Waals surface area (Å²) in [6.07, 6.45) is 0. The number of urea groups is 1. The number of benzene rings is 3. The second kappa shape index (κ2) is 11.0. The van der Waals surface area contributed by atoms with Crippen LogP contribution in [0.5, 0.6) is 0 Å². The van der Waals surface area contributed by atoms with Crippen LogP contribution >= 0.6 is 11.6 Å². The highest BCUT2D eigenvalue weighted by Crippen LogP contribution is 2.23. The number of carbonyl (C=O) groups excluding carboxylic acids is 2. The van der Waals surface area contributed by atoms with Crippen LogP contribution in [0.2, 0.25) is 5.02 Å². The maximum Gasteiger partial charge on any atom is 0.315 e. The van der Waals surface area contributed by atoms with Gasteiger partial charge in [-0.05, 0) is 28.8 Å². The minimum atomic E-state index is -0.400. The lowest BCUT2D eigenvalue weighted by Gasteiger charge is -2.19. The molecule has 0 aliphatic heterocycles. The van der Waals surface area contributed by atoms with E-state index in [0.29, 0.717) is 18.1 Å². The van der Waals surface area contributed by atoms with E-state index in [9.17, 15) is 9.59 Å². The summed E-state index contributed by atoms with van der Waals surface area (Å²) >= 11 is 5.84. The summed E-state index contributed by atoms with van der Waals surface area (Å²) in [5.41, 5.74) is 3.17. The Balaban J connectivity index is 1.47. The molecule has 6 heteroatoms. The van der Waals surface area contributed by atoms with E-state index in [-0.39, 0.29) is 18.4 Å². The third-order valence-corrected chi connectivity index (χ3v) is 4.94. The van der Waals surface area contributed by atoms with Gasteiger partial charge in [0.2, 0.25) is 5.91 Å². The summed E-state index contributed by atoms with van der Waals surface area (Å²) in [7, 11) is 0. The average Bonchev–Trinajstić information content (AvgIpc) is 2.79. The number of hydrogen-bond donors (Lipinski definition) is 3. The quantitative estimate of drug-likeness (QED) is 0.512. The average molecular weight is 422 g/mol. The van der Waals surface area contributed by atoms with Gasteiger partial charge in [-0.25, -0.2) is 4.79 Å². The fraction of sp³-hybridized carbons (Fsp3) is 0.167. The van der Waals surface area contributed by atoms with Crippen molar-refractivity contribution in [2.75, 3.05) is 13.1 Å². The Bertz CT molecular complexity index is 908. The molecule has 3 N–H and O–H groups in total. The third kappa shape index (κ3) is 6.64. The maximum atomic E-state index is 12.3. The zero-order valence-electron chi connectivity index (χ0n) is 16.5. The predicted octanol–water partition coefficient (Wildman–Crippen LogP) is 4.09. The van der Waals surface area contributed by atoms with Crippen LogP contribution < -0.4 is 16.0 Å². The lowest BCUT2D eigenvalue weighted by molar-refractivity contribution is -0.120. The van der Waals surface area contributed by atoms with E-state index < -0.39 is 6.03 Å². The Kier molecular flexibility index (Phi) is 7.86. The van der Waals surface area contributed by atoms with Gasteiger partial charge in [0.15, 0.2) is 0 Å². The molecule has 3 aromatic carbocycles. The maximum absolute atomic E-state index is 12.3. The van der Waals surface area contributed by atoms with Gasteiger partial charge in [0, 0.05) is 24.0 Å². The molecule has 0 fully saturated rings. The molecular weight excluding hydrogens is 398 g/mol. The van der Waals surface area contributed by atoms with Crippen LogP contribution in [0.15, 0.2) is 84.9 Å². The van der Waals surface area contributed by atoms with E-state index in [1.165, 1.54) is 0 Å². The Morgan fingerprint density at radius 1 is 0.733 bits per heavy atom. The van der Waals surface area contributed by atoms with Crippen LogP contribution in [-0.4, -0.2) is 25.0 Å². The van der Waals surface area contributed by atoms with Gasteiger partial charge in [-0.2, -0.15) is 0 Å². The van der Waals surface area contributed by atoms with Crippen molar-refractivity contribution >= 4 is 23.5 Å². The first-order chi connectivity index (χ1) is 14.6. The van der Waals surface area contributed by atoms with Gasteiger partial charge >= 0.3 is 6.03 Å². The van der Waals surface area contributed by atoms with Crippen molar-refractivity contribution in [3.8, 4) is 0 Å². The number of nitrogens with one attached hydrogen (secondary N) is 3. The van der Waals surface area contributed by atoms with Gasteiger partial charge < -0.3 is 16.0 Å². The van der Waals surface area contributed by atoms with Gasteiger partial charge in [0.05, 0.1) is 6.54 Å². The van der Waals surface area contributed by atoms with Crippen molar-refractivity contribution in [1.82, 2.24) is 16.0 Å². The van der Waals surface area contributed by atoms with Gasteiger partial charge in [-0.15, -0.1) is 0 Å². The molecule has 3 amide bonds. The molecule has 3 rings (SSSR count). The molecule has 0 radical (unpaired) electrons. The van der Waals surface area contributed by atoms with Crippen molar-refractivity contribution in [3.63, 3.8) is 0 Å². The van der Waals surface area contributed by atoms with Crippen LogP contribution in [0.1, 0.15) is 22.6 Å². The summed E-state index contributed by atoms with van der Waals surface area (Å²) in [4.78, 5) is 24.2. The minimum Gasteiger partial charge on any atom is -0.354 e. The largest absolute Gasteiger partial charge is 0.354 e. The number of carbonyl (C=O) groups is 2. The summed E-state index contributed by atoms with van der Waals surface area (Å²) in [6.45, 7) is 0.707. The first kappa shape index (κ1) is 21.4. The first-order valence-electron chi connectivity index (χ1n) is 9.74. The van der Waals surface area contributed by atoms with Crippen molar-refractivity contribution in [2.45, 2.75) is 12.5 Å². The Labute approximate surface area is 181 Å². The van der Waals surface area contributed by atoms with Crippen molar-refractivity contribution < 1.29 is 9.59 Å². The molecule has 0 saturated carbocycles. The number of rotatable bonds is 8. The van der Waals surface area contributed by atoms with Gasteiger partial charge in [-0.3, -0.25) is 4.79 Å². The molecular formula is C24H24ClN3O2. The minimum absolute atomic E-state index is 0.0371. The molecule has 0 heterocycles. The topological polar surface area (TPSA) is 70.2 Å². The summed E-state index contributed by atoms with van der Waals surface area (Å²) in [5, 5.41) is 8.86. The molecule has 0 saturated heterocycles. The van der Waals surface area contributed by atoms with E-state index in [2.05, 4.69) is 16.0 Å². The lowest BCUT2D eigenvalue weighted by atomic mass is 9.91. The van der Waals surface area contributed by atoms with Gasteiger partial charge in [0.1, 0.15) is 0 Å². The van der Waals surface area contributed by atoms with Crippen LogP contribution in [0.3, 0.4) is 0 Å². The Morgan fingerprint density at radius 2 is 1.30 bits per heavy atom. The fourth-order valence-corrected chi connectivity index (χ4v) is 3.21. The highest BCUT2D eigenvalue weighted by Gasteiger charge is 2.15. The molecule has 0 atom stereocenters. The number of amides is 3. The van der Waals surface area contributed by atoms with Gasteiger partial charge in [0.25, 0.3) is 0 Å². The molecule has 3 aromatic rings. The van der Waals surface area contributed by atoms with Crippen LogP contribution in [-0.2, 0) is 11.3 Å². The summed E-state index contributed by atoms with van der Waals surface area (Å²) in [6, 6.07) is 26.9. The Morgan fingerprint density at radius 3 is 1.87 bits per heavy atom. The molecule has 30 heavy (non-hydrogen) atoms. The summed E-state index contributed by atoms with van der Waals surface area (Å²) < 4.78 is 0. The highest BCUT2D eigenvalue weighted by molar-refractivity contribution is 6.30. The zero-order valence-corrected chi connectivity index (χ0v) is 17.2. The van der Waals surface area contributed by atoms with Crippen molar-refractivity contribution in [2.24, 2.45) is 0 Å². The van der Waals surface area contributed by atoms with Crippen LogP contribution in [0, 0.1) is 0 Å². The molecule has 5 nitrogen and oxygen atoms in total. The number of hydrogen-bond acceptors (Lipinski definition) is 2. The first-order valence-corrected chi connectivity index (χ1v) is 10.1. The smallest absolute Gasteiger partial charge is 0.315 e. The van der Waals surface area contributed by atoms with Crippen molar-refractivity contribution in [3.05, 3.63) is 107 Å². The zero-order chi connectivity index (χ0) is 21.2. The normalized spacial score (nSPS) is 10.5.